The van der Waals surface area contributed by atoms with Crippen molar-refractivity contribution in [1.82, 2.24) is 8.87 Å². The van der Waals surface area contributed by atoms with E-state index in [1.165, 1.54) is 0 Å². The number of nitrogens with zero attached hydrogens (tertiary/aromatic N) is 2. The molecule has 0 saturated carbocycles. The lowest BCUT2D eigenvalue weighted by Crippen LogP contribution is -2.48. The van der Waals surface area contributed by atoms with Gasteiger partial charge in [-0.1, -0.05) is 6.07 Å². The van der Waals surface area contributed by atoms with E-state index < -0.39 is 10.0 Å². The van der Waals surface area contributed by atoms with Gasteiger partial charge in [0.15, 0.2) is 0 Å². The highest BCUT2D eigenvalue weighted by atomic mass is 32.2. The van der Waals surface area contributed by atoms with Gasteiger partial charge in [-0.15, -0.1) is 0 Å². The lowest BCUT2D eigenvalue weighted by Gasteiger charge is -2.42. The lowest BCUT2D eigenvalue weighted by atomic mass is 9.84. The number of pyridine rings is 1. The standard InChI is InChI=1S/C17H19N3O3S/c18-14-4-6-15(7-5-14)24(22,23)19-9-12-8-13(11-19)16-2-1-3-17(21)20(16)10-12/h1-7,12-13H,8-11,18H2/t12-,13-/m0/s1. The minimum absolute atomic E-state index is 0.00274. The average molecular weight is 345 g/mol. The molecule has 4 rings (SSSR count). The van der Waals surface area contributed by atoms with Gasteiger partial charge in [0, 0.05) is 43.0 Å². The molecule has 2 aliphatic rings. The van der Waals surface area contributed by atoms with E-state index in [2.05, 4.69) is 0 Å². The van der Waals surface area contributed by atoms with Crippen molar-refractivity contribution in [2.45, 2.75) is 23.8 Å². The highest BCUT2D eigenvalue weighted by Gasteiger charge is 2.39. The van der Waals surface area contributed by atoms with Gasteiger partial charge >= 0.3 is 0 Å². The number of piperidine rings is 1. The van der Waals surface area contributed by atoms with Crippen LogP contribution in [0.25, 0.3) is 0 Å². The Kier molecular flexibility index (Phi) is 3.51. The number of nitrogens with two attached hydrogens (primary N) is 1. The molecule has 0 spiro atoms. The predicted octanol–water partition coefficient (Wildman–Crippen LogP) is 1.24. The van der Waals surface area contributed by atoms with Gasteiger partial charge in [-0.25, -0.2) is 8.42 Å². The van der Waals surface area contributed by atoms with Crippen LogP contribution in [0.5, 0.6) is 0 Å². The first-order valence-corrected chi connectivity index (χ1v) is 9.44. The van der Waals surface area contributed by atoms with Gasteiger partial charge < -0.3 is 10.3 Å². The molecular formula is C17H19N3O3S. The lowest BCUT2D eigenvalue weighted by molar-refractivity contribution is 0.186. The van der Waals surface area contributed by atoms with Crippen LogP contribution in [0.15, 0.2) is 52.2 Å². The second-order valence-electron chi connectivity index (χ2n) is 6.59. The van der Waals surface area contributed by atoms with Crippen molar-refractivity contribution < 1.29 is 8.42 Å². The van der Waals surface area contributed by atoms with Crippen molar-refractivity contribution in [2.24, 2.45) is 5.92 Å². The molecule has 2 N–H and O–H groups in total. The Hall–Kier alpha value is -2.12. The van der Waals surface area contributed by atoms with Gasteiger partial charge in [0.05, 0.1) is 4.90 Å². The van der Waals surface area contributed by atoms with Crippen LogP contribution in [0, 0.1) is 5.92 Å². The molecule has 2 atom stereocenters. The minimum atomic E-state index is -3.54. The maximum absolute atomic E-state index is 12.9. The summed E-state index contributed by atoms with van der Waals surface area (Å²) in [5, 5.41) is 0. The minimum Gasteiger partial charge on any atom is -0.399 e. The van der Waals surface area contributed by atoms with Crippen molar-refractivity contribution in [3.8, 4) is 0 Å². The summed E-state index contributed by atoms with van der Waals surface area (Å²) in [6, 6.07) is 11.6. The van der Waals surface area contributed by atoms with E-state index in [-0.39, 0.29) is 22.3 Å². The molecule has 0 aliphatic carbocycles. The summed E-state index contributed by atoms with van der Waals surface area (Å²) in [7, 11) is -3.54. The number of sulfonamides is 1. The summed E-state index contributed by atoms with van der Waals surface area (Å²) in [5.74, 6) is 0.231. The first-order chi connectivity index (χ1) is 11.4. The van der Waals surface area contributed by atoms with Crippen LogP contribution >= 0.6 is 0 Å². The highest BCUT2D eigenvalue weighted by molar-refractivity contribution is 7.89. The smallest absolute Gasteiger partial charge is 0.250 e. The van der Waals surface area contributed by atoms with Crippen LogP contribution in [0.3, 0.4) is 0 Å². The molecule has 3 heterocycles. The summed E-state index contributed by atoms with van der Waals surface area (Å²) < 4.78 is 29.2. The van der Waals surface area contributed by atoms with Crippen molar-refractivity contribution in [1.29, 1.82) is 0 Å². The summed E-state index contributed by atoms with van der Waals surface area (Å²) in [5.41, 5.74) is 7.13. The highest BCUT2D eigenvalue weighted by Crippen LogP contribution is 2.37. The van der Waals surface area contributed by atoms with Crippen LogP contribution in [0.1, 0.15) is 18.0 Å². The van der Waals surface area contributed by atoms with Crippen LogP contribution in [-0.2, 0) is 16.6 Å². The summed E-state index contributed by atoms with van der Waals surface area (Å²) in [6.45, 7) is 1.44. The molecular weight excluding hydrogens is 326 g/mol. The van der Waals surface area contributed by atoms with E-state index in [1.807, 2.05) is 6.07 Å². The number of hydrogen-bond acceptors (Lipinski definition) is 4. The van der Waals surface area contributed by atoms with Gasteiger partial charge in [0.1, 0.15) is 0 Å². The Labute approximate surface area is 140 Å². The quantitative estimate of drug-likeness (QED) is 0.830. The molecule has 0 radical (unpaired) electrons. The van der Waals surface area contributed by atoms with E-state index in [9.17, 15) is 13.2 Å². The SMILES string of the molecule is Nc1ccc(S(=O)(=O)N2C[C@@H]3C[C@@H](C2)c2cccc(=O)n2C3)cc1. The van der Waals surface area contributed by atoms with E-state index >= 15 is 0 Å². The normalized spacial score (nSPS) is 23.7. The second kappa shape index (κ2) is 5.46. The van der Waals surface area contributed by atoms with E-state index in [0.29, 0.717) is 25.3 Å². The topological polar surface area (TPSA) is 85.4 Å². The molecule has 1 fully saturated rings. The fraction of sp³-hybridized carbons (Fsp3) is 0.353. The Morgan fingerprint density at radius 3 is 2.50 bits per heavy atom. The monoisotopic (exact) mass is 345 g/mol. The Morgan fingerprint density at radius 1 is 1.00 bits per heavy atom. The van der Waals surface area contributed by atoms with Crippen LogP contribution in [-0.4, -0.2) is 30.4 Å². The first kappa shape index (κ1) is 15.4. The summed E-state index contributed by atoms with van der Waals surface area (Å²) >= 11 is 0. The van der Waals surface area contributed by atoms with Crippen LogP contribution in [0.2, 0.25) is 0 Å². The third-order valence-electron chi connectivity index (χ3n) is 4.96. The first-order valence-electron chi connectivity index (χ1n) is 8.00. The van der Waals surface area contributed by atoms with E-state index in [4.69, 9.17) is 5.73 Å². The van der Waals surface area contributed by atoms with Crippen molar-refractivity contribution in [3.05, 3.63) is 58.5 Å². The number of benzene rings is 1. The third kappa shape index (κ3) is 2.44. The maximum atomic E-state index is 12.9. The molecule has 2 aliphatic heterocycles. The van der Waals surface area contributed by atoms with Crippen molar-refractivity contribution in [2.75, 3.05) is 18.8 Å². The van der Waals surface area contributed by atoms with Gasteiger partial charge in [0.25, 0.3) is 5.56 Å². The van der Waals surface area contributed by atoms with Gasteiger partial charge in [-0.2, -0.15) is 4.31 Å². The second-order valence-corrected chi connectivity index (χ2v) is 8.53. The van der Waals surface area contributed by atoms with Crippen LogP contribution in [0.4, 0.5) is 5.69 Å². The molecule has 1 aromatic carbocycles. The molecule has 2 aromatic rings. The number of nitrogen functional groups attached to an aromatic ring is 1. The fourth-order valence-electron chi connectivity index (χ4n) is 3.84. The van der Waals surface area contributed by atoms with Gasteiger partial charge in [-0.05, 0) is 42.7 Å². The Bertz CT molecular complexity index is 934. The molecule has 7 heteroatoms. The summed E-state index contributed by atoms with van der Waals surface area (Å²) in [6.07, 6.45) is 0.928. The third-order valence-corrected chi connectivity index (χ3v) is 6.81. The van der Waals surface area contributed by atoms with Gasteiger partial charge in [0.2, 0.25) is 10.0 Å². The molecule has 2 bridgehead atoms. The number of fused-ring (bicyclic) bond motifs is 4. The molecule has 6 nitrogen and oxygen atoms in total. The van der Waals surface area contributed by atoms with Crippen molar-refractivity contribution >= 4 is 15.7 Å². The Balaban J connectivity index is 1.69. The number of hydrogen-bond donors (Lipinski definition) is 1. The molecule has 0 amide bonds. The fourth-order valence-corrected chi connectivity index (χ4v) is 5.40. The molecule has 1 saturated heterocycles. The Morgan fingerprint density at radius 2 is 1.75 bits per heavy atom. The molecule has 0 unspecified atom stereocenters. The van der Waals surface area contributed by atoms with Gasteiger partial charge in [-0.3, -0.25) is 4.79 Å². The number of anilines is 1. The molecule has 126 valence electrons. The zero-order valence-corrected chi connectivity index (χ0v) is 13.9. The van der Waals surface area contributed by atoms with Crippen LogP contribution < -0.4 is 11.3 Å². The average Bonchev–Trinajstić information content (AvgIpc) is 2.56. The van der Waals surface area contributed by atoms with Crippen molar-refractivity contribution in [3.63, 3.8) is 0 Å². The molecule has 24 heavy (non-hydrogen) atoms. The van der Waals surface area contributed by atoms with E-state index in [1.54, 1.807) is 45.3 Å². The predicted molar refractivity (Wildman–Crippen MR) is 91.2 cm³/mol. The van der Waals surface area contributed by atoms with E-state index in [0.717, 1.165) is 12.1 Å². The number of aromatic nitrogens is 1. The largest absolute Gasteiger partial charge is 0.399 e. The molecule has 1 aromatic heterocycles. The zero-order valence-electron chi connectivity index (χ0n) is 13.1. The zero-order chi connectivity index (χ0) is 16.9. The maximum Gasteiger partial charge on any atom is 0.250 e. The number of rotatable bonds is 2. The summed E-state index contributed by atoms with van der Waals surface area (Å²) in [4.78, 5) is 12.3.